The first kappa shape index (κ1) is 13.9. The van der Waals surface area contributed by atoms with Gasteiger partial charge in [-0.1, -0.05) is 13.8 Å². The maximum absolute atomic E-state index is 12.4. The van der Waals surface area contributed by atoms with Crippen molar-refractivity contribution in [1.82, 2.24) is 15.1 Å². The third-order valence-corrected chi connectivity index (χ3v) is 3.58. The molecule has 0 saturated carbocycles. The molecular weight excluding hydrogens is 244 g/mol. The molecule has 1 saturated heterocycles. The summed E-state index contributed by atoms with van der Waals surface area (Å²) in [6.45, 7) is 6.70. The van der Waals surface area contributed by atoms with Gasteiger partial charge in [-0.3, -0.25) is 9.89 Å². The third kappa shape index (κ3) is 2.73. The van der Waals surface area contributed by atoms with E-state index in [1.165, 1.54) is 0 Å². The Labute approximate surface area is 113 Å². The van der Waals surface area contributed by atoms with Crippen LogP contribution in [-0.2, 0) is 0 Å². The van der Waals surface area contributed by atoms with Gasteiger partial charge in [0.15, 0.2) is 5.69 Å². The van der Waals surface area contributed by atoms with Crippen LogP contribution in [0.3, 0.4) is 0 Å². The number of nitrogens with zero attached hydrogens (tertiary/aromatic N) is 2. The van der Waals surface area contributed by atoms with E-state index in [2.05, 4.69) is 10.2 Å². The average Bonchev–Trinajstić information content (AvgIpc) is 2.69. The Bertz CT molecular complexity index is 479. The number of rotatable bonds is 2. The summed E-state index contributed by atoms with van der Waals surface area (Å²) < 4.78 is 0. The Balaban J connectivity index is 2.20. The number of aliphatic hydroxyl groups is 1. The molecule has 0 spiro atoms. The zero-order valence-electron chi connectivity index (χ0n) is 11.7. The Hall–Kier alpha value is -1.56. The fourth-order valence-corrected chi connectivity index (χ4v) is 2.51. The van der Waals surface area contributed by atoms with Crippen LogP contribution in [0, 0.1) is 0 Å². The third-order valence-electron chi connectivity index (χ3n) is 3.58. The molecule has 0 aromatic carbocycles. The van der Waals surface area contributed by atoms with Gasteiger partial charge in [0.2, 0.25) is 0 Å². The topological polar surface area (TPSA) is 95.2 Å². The van der Waals surface area contributed by atoms with Crippen LogP contribution in [0.25, 0.3) is 0 Å². The first-order valence-electron chi connectivity index (χ1n) is 6.67. The lowest BCUT2D eigenvalue weighted by Gasteiger charge is -2.36. The molecule has 2 rings (SSSR count). The van der Waals surface area contributed by atoms with Gasteiger partial charge in [0, 0.05) is 13.1 Å². The molecule has 2 heterocycles. The monoisotopic (exact) mass is 266 g/mol. The van der Waals surface area contributed by atoms with Crippen LogP contribution in [0.2, 0.25) is 0 Å². The second-order valence-corrected chi connectivity index (χ2v) is 5.88. The number of aromatic nitrogens is 2. The lowest BCUT2D eigenvalue weighted by Crippen LogP contribution is -2.48. The highest BCUT2D eigenvalue weighted by atomic mass is 16.3. The minimum atomic E-state index is -0.820. The van der Waals surface area contributed by atoms with Crippen LogP contribution in [-0.4, -0.2) is 44.8 Å². The Morgan fingerprint density at radius 2 is 2.26 bits per heavy atom. The minimum absolute atomic E-state index is 0.193. The molecule has 1 atom stereocenters. The van der Waals surface area contributed by atoms with E-state index in [0.29, 0.717) is 25.2 Å². The van der Waals surface area contributed by atoms with E-state index in [1.807, 2.05) is 13.8 Å². The van der Waals surface area contributed by atoms with Crippen LogP contribution in [0.1, 0.15) is 55.7 Å². The van der Waals surface area contributed by atoms with Gasteiger partial charge in [-0.25, -0.2) is 0 Å². The molecule has 1 unspecified atom stereocenters. The highest BCUT2D eigenvalue weighted by Gasteiger charge is 2.33. The number of likely N-dealkylation sites (tertiary alicyclic amines) is 1. The number of hydrogen-bond donors (Lipinski definition) is 3. The molecule has 4 N–H and O–H groups in total. The second-order valence-electron chi connectivity index (χ2n) is 5.88. The average molecular weight is 266 g/mol. The molecule has 1 aromatic heterocycles. The van der Waals surface area contributed by atoms with E-state index < -0.39 is 5.60 Å². The predicted molar refractivity (Wildman–Crippen MR) is 72.9 cm³/mol. The SMILES string of the molecule is CC(C)c1[nH]nc(C(=O)N2CCCC(C)(O)C2)c1N. The Kier molecular flexibility index (Phi) is 3.54. The van der Waals surface area contributed by atoms with Gasteiger partial charge < -0.3 is 15.7 Å². The zero-order valence-corrected chi connectivity index (χ0v) is 11.7. The highest BCUT2D eigenvalue weighted by molar-refractivity contribution is 5.97. The maximum atomic E-state index is 12.4. The van der Waals surface area contributed by atoms with Crippen molar-refractivity contribution in [3.05, 3.63) is 11.4 Å². The van der Waals surface area contributed by atoms with Gasteiger partial charge in [0.25, 0.3) is 5.91 Å². The standard InChI is InChI=1S/C13H22N4O2/c1-8(2)10-9(14)11(16-15-10)12(18)17-6-4-5-13(3,19)7-17/h8,19H,4-7,14H2,1-3H3,(H,15,16). The minimum Gasteiger partial charge on any atom is -0.395 e. The normalized spacial score (nSPS) is 23.9. The number of β-amino-alcohol motifs (C(OH)–C–C–N with tert-alkyl or cyclic N) is 1. The van der Waals surface area contributed by atoms with Crippen LogP contribution < -0.4 is 5.73 Å². The number of piperidine rings is 1. The van der Waals surface area contributed by atoms with Gasteiger partial charge in [0.1, 0.15) is 0 Å². The van der Waals surface area contributed by atoms with E-state index in [1.54, 1.807) is 11.8 Å². The molecular formula is C13H22N4O2. The van der Waals surface area contributed by atoms with Crippen molar-refractivity contribution in [2.45, 2.75) is 45.1 Å². The lowest BCUT2D eigenvalue weighted by molar-refractivity contribution is -0.0109. The van der Waals surface area contributed by atoms with Crippen molar-refractivity contribution >= 4 is 11.6 Å². The van der Waals surface area contributed by atoms with Crippen molar-refractivity contribution in [2.24, 2.45) is 0 Å². The summed E-state index contributed by atoms with van der Waals surface area (Å²) in [5, 5.41) is 16.9. The number of carbonyl (C=O) groups excluding carboxylic acids is 1. The fourth-order valence-electron chi connectivity index (χ4n) is 2.51. The van der Waals surface area contributed by atoms with Gasteiger partial charge in [-0.15, -0.1) is 0 Å². The number of anilines is 1. The number of hydrogen-bond acceptors (Lipinski definition) is 4. The summed E-state index contributed by atoms with van der Waals surface area (Å²) in [6.07, 6.45) is 1.50. The van der Waals surface area contributed by atoms with Crippen molar-refractivity contribution in [3.8, 4) is 0 Å². The van der Waals surface area contributed by atoms with Gasteiger partial charge in [-0.05, 0) is 25.7 Å². The van der Waals surface area contributed by atoms with E-state index in [4.69, 9.17) is 5.73 Å². The largest absolute Gasteiger partial charge is 0.395 e. The smallest absolute Gasteiger partial charge is 0.276 e. The number of nitrogen functional groups attached to an aromatic ring is 1. The van der Waals surface area contributed by atoms with Crippen molar-refractivity contribution in [2.75, 3.05) is 18.8 Å². The van der Waals surface area contributed by atoms with E-state index >= 15 is 0 Å². The number of nitrogens with one attached hydrogen (secondary N) is 1. The Morgan fingerprint density at radius 1 is 1.58 bits per heavy atom. The summed E-state index contributed by atoms with van der Waals surface area (Å²) in [5.41, 5.74) is 6.63. The molecule has 19 heavy (non-hydrogen) atoms. The van der Waals surface area contributed by atoms with Crippen LogP contribution in [0.5, 0.6) is 0 Å². The number of carbonyl (C=O) groups is 1. The van der Waals surface area contributed by atoms with Crippen LogP contribution in [0.15, 0.2) is 0 Å². The van der Waals surface area contributed by atoms with Gasteiger partial charge in [0.05, 0.1) is 17.0 Å². The molecule has 1 aliphatic heterocycles. The first-order valence-corrected chi connectivity index (χ1v) is 6.67. The van der Waals surface area contributed by atoms with E-state index in [-0.39, 0.29) is 17.5 Å². The van der Waals surface area contributed by atoms with Crippen LogP contribution in [0.4, 0.5) is 5.69 Å². The summed E-state index contributed by atoms with van der Waals surface area (Å²) in [5.74, 6) is -0.0147. The summed E-state index contributed by atoms with van der Waals surface area (Å²) in [6, 6.07) is 0. The molecule has 0 radical (unpaired) electrons. The first-order chi connectivity index (χ1) is 8.82. The molecule has 1 fully saturated rings. The molecule has 1 aliphatic rings. The molecule has 1 amide bonds. The summed E-state index contributed by atoms with van der Waals surface area (Å²) in [7, 11) is 0. The van der Waals surface area contributed by atoms with E-state index in [0.717, 1.165) is 12.1 Å². The maximum Gasteiger partial charge on any atom is 0.276 e. The van der Waals surface area contributed by atoms with Crippen molar-refractivity contribution < 1.29 is 9.90 Å². The number of H-pyrrole nitrogens is 1. The molecule has 0 aliphatic carbocycles. The second kappa shape index (κ2) is 4.85. The van der Waals surface area contributed by atoms with Crippen molar-refractivity contribution in [3.63, 3.8) is 0 Å². The van der Waals surface area contributed by atoms with E-state index in [9.17, 15) is 9.90 Å². The predicted octanol–water partition coefficient (Wildman–Crippen LogP) is 1.10. The number of aromatic amines is 1. The lowest BCUT2D eigenvalue weighted by atomic mass is 9.95. The summed E-state index contributed by atoms with van der Waals surface area (Å²) >= 11 is 0. The highest BCUT2D eigenvalue weighted by Crippen LogP contribution is 2.26. The van der Waals surface area contributed by atoms with Crippen molar-refractivity contribution in [1.29, 1.82) is 0 Å². The molecule has 6 heteroatoms. The molecule has 6 nitrogen and oxygen atoms in total. The fraction of sp³-hybridized carbons (Fsp3) is 0.692. The summed E-state index contributed by atoms with van der Waals surface area (Å²) in [4.78, 5) is 14.0. The zero-order chi connectivity index (χ0) is 14.2. The quantitative estimate of drug-likeness (QED) is 0.747. The number of amides is 1. The van der Waals surface area contributed by atoms with Gasteiger partial charge in [-0.2, -0.15) is 5.10 Å². The molecule has 106 valence electrons. The molecule has 1 aromatic rings. The van der Waals surface area contributed by atoms with Crippen LogP contribution >= 0.6 is 0 Å². The van der Waals surface area contributed by atoms with Gasteiger partial charge >= 0.3 is 0 Å². The number of nitrogens with two attached hydrogens (primary N) is 1. The Morgan fingerprint density at radius 3 is 2.79 bits per heavy atom. The molecule has 0 bridgehead atoms.